The molecule has 0 aromatic rings. The highest BCUT2D eigenvalue weighted by molar-refractivity contribution is 9.09. The number of ether oxygens (including phenoxy) is 1. The van der Waals surface area contributed by atoms with E-state index in [-0.39, 0.29) is 41.1 Å². The highest BCUT2D eigenvalue weighted by Gasteiger charge is 2.76. The Morgan fingerprint density at radius 2 is 2.06 bits per heavy atom. The van der Waals surface area contributed by atoms with Crippen LogP contribution in [0.3, 0.4) is 0 Å². The summed E-state index contributed by atoms with van der Waals surface area (Å²) >= 11 is 5.32. The number of carbonyl (C=O) groups is 3. The summed E-state index contributed by atoms with van der Waals surface area (Å²) in [6.45, 7) is 15.5. The Bertz CT molecular complexity index is 846. The number of aliphatic hydroxyl groups excluding tert-OH is 1. The van der Waals surface area contributed by atoms with Gasteiger partial charge in [-0.05, 0) is 47.0 Å². The van der Waals surface area contributed by atoms with Gasteiger partial charge in [0.1, 0.15) is 6.04 Å². The third-order valence-corrected chi connectivity index (χ3v) is 10.4. The van der Waals surface area contributed by atoms with E-state index in [9.17, 15) is 19.5 Å². The van der Waals surface area contributed by atoms with Crippen LogP contribution in [0.1, 0.15) is 47.0 Å². The van der Waals surface area contributed by atoms with Gasteiger partial charge in [-0.15, -0.1) is 24.9 Å². The predicted octanol–water partition coefficient (Wildman–Crippen LogP) is 3.15. The van der Waals surface area contributed by atoms with E-state index in [1.165, 1.54) is 0 Å². The lowest BCUT2D eigenvalue weighted by Gasteiger charge is -2.43. The standard InChI is InChI=1S/C25H37BrN2O5S/c1-7-9-10-12-33-23(32)17-18-21(30)28(15(3)14-29)20(25(18)13-16(26)19(17)34-25)22(31)27(11-8-2)24(4,5)6/h7-8,15-20,29H,1-2,9-14H2,3-6H3/t15-,16?,17-,18+,19-,20?,25?/m1/s1. The van der Waals surface area contributed by atoms with E-state index in [0.717, 1.165) is 6.42 Å². The Morgan fingerprint density at radius 3 is 2.62 bits per heavy atom. The Balaban J connectivity index is 2.03. The lowest BCUT2D eigenvalue weighted by atomic mass is 9.71. The van der Waals surface area contributed by atoms with Gasteiger partial charge in [0, 0.05) is 22.2 Å². The number of aliphatic hydroxyl groups is 1. The SMILES string of the molecule is C=CCCCOC(=O)[C@H]1[C@@H]2SC3(CC2Br)C(C(=O)N(CC=C)C(C)(C)C)N([C@H](C)CO)C(=O)[C@H]13. The first-order valence-electron chi connectivity index (χ1n) is 11.9. The van der Waals surface area contributed by atoms with Crippen molar-refractivity contribution in [3.63, 3.8) is 0 Å². The Labute approximate surface area is 215 Å². The molecule has 0 aromatic carbocycles. The number of esters is 1. The minimum atomic E-state index is -0.778. The monoisotopic (exact) mass is 556 g/mol. The predicted molar refractivity (Wildman–Crippen MR) is 138 cm³/mol. The Morgan fingerprint density at radius 1 is 1.38 bits per heavy atom. The van der Waals surface area contributed by atoms with Crippen molar-refractivity contribution < 1.29 is 24.2 Å². The van der Waals surface area contributed by atoms with E-state index in [0.29, 0.717) is 19.4 Å². The maximum absolute atomic E-state index is 14.2. The van der Waals surface area contributed by atoms with Crippen LogP contribution < -0.4 is 0 Å². The molecular weight excluding hydrogens is 520 g/mol. The topological polar surface area (TPSA) is 87.2 Å². The summed E-state index contributed by atoms with van der Waals surface area (Å²) in [4.78, 5) is 44.5. The molecule has 3 aliphatic heterocycles. The summed E-state index contributed by atoms with van der Waals surface area (Å²) in [7, 11) is 0. The fourth-order valence-electron chi connectivity index (χ4n) is 5.65. The number of hydrogen-bond donors (Lipinski definition) is 1. The number of amides is 2. The molecule has 3 fully saturated rings. The van der Waals surface area contributed by atoms with E-state index in [1.807, 2.05) is 20.8 Å². The summed E-state index contributed by atoms with van der Waals surface area (Å²) in [6, 6.07) is -1.33. The zero-order valence-electron chi connectivity index (χ0n) is 20.5. The van der Waals surface area contributed by atoms with Crippen molar-refractivity contribution in [2.24, 2.45) is 11.8 Å². The largest absolute Gasteiger partial charge is 0.465 e. The number of halogens is 1. The number of unbranched alkanes of at least 4 members (excludes halogenated alkanes) is 1. The molecule has 0 radical (unpaired) electrons. The number of carbonyl (C=O) groups excluding carboxylic acids is 3. The summed E-state index contributed by atoms with van der Waals surface area (Å²) in [5, 5.41) is 9.84. The molecular formula is C25H37BrN2O5S. The van der Waals surface area contributed by atoms with Gasteiger partial charge < -0.3 is 19.6 Å². The van der Waals surface area contributed by atoms with Crippen LogP contribution in [-0.2, 0) is 19.1 Å². The first-order valence-corrected chi connectivity index (χ1v) is 13.7. The van der Waals surface area contributed by atoms with Gasteiger partial charge in [-0.1, -0.05) is 28.1 Å². The number of hydrogen-bond acceptors (Lipinski definition) is 6. The molecule has 7 atom stereocenters. The third-order valence-electron chi connectivity index (χ3n) is 7.16. The number of thioether (sulfide) groups is 1. The normalized spacial score (nSPS) is 32.9. The third kappa shape index (κ3) is 4.48. The minimum Gasteiger partial charge on any atom is -0.465 e. The van der Waals surface area contributed by atoms with Gasteiger partial charge >= 0.3 is 5.97 Å². The summed E-state index contributed by atoms with van der Waals surface area (Å²) in [5.41, 5.74) is -0.490. The van der Waals surface area contributed by atoms with Crippen molar-refractivity contribution >= 4 is 45.5 Å². The summed E-state index contributed by atoms with van der Waals surface area (Å²) in [6.07, 6.45) is 5.48. The number of rotatable bonds is 10. The maximum atomic E-state index is 14.2. The van der Waals surface area contributed by atoms with E-state index in [1.54, 1.807) is 40.6 Å². The highest BCUT2D eigenvalue weighted by atomic mass is 79.9. The van der Waals surface area contributed by atoms with Crippen molar-refractivity contribution in [3.05, 3.63) is 25.3 Å². The molecule has 9 heteroatoms. The van der Waals surface area contributed by atoms with Crippen molar-refractivity contribution in [1.82, 2.24) is 9.80 Å². The van der Waals surface area contributed by atoms with Crippen LogP contribution in [-0.4, -0.2) is 84.9 Å². The molecule has 3 rings (SSSR count). The molecule has 0 aliphatic carbocycles. The average Bonchev–Trinajstić information content (AvgIpc) is 3.36. The number of nitrogens with zero attached hydrogens (tertiary/aromatic N) is 2. The minimum absolute atomic E-state index is 0.0190. The molecule has 7 nitrogen and oxygen atoms in total. The molecule has 190 valence electrons. The Hall–Kier alpha value is -1.32. The second kappa shape index (κ2) is 10.3. The molecule has 2 amide bonds. The van der Waals surface area contributed by atoms with Crippen LogP contribution in [0, 0.1) is 11.8 Å². The van der Waals surface area contributed by atoms with Gasteiger partial charge in [0.2, 0.25) is 11.8 Å². The van der Waals surface area contributed by atoms with Crippen molar-refractivity contribution in [1.29, 1.82) is 0 Å². The second-order valence-corrected chi connectivity index (χ2v) is 13.2. The van der Waals surface area contributed by atoms with Crippen LogP contribution in [0.5, 0.6) is 0 Å². The van der Waals surface area contributed by atoms with Crippen LogP contribution in [0.4, 0.5) is 0 Å². The number of allylic oxidation sites excluding steroid dienone is 1. The molecule has 0 saturated carbocycles. The van der Waals surface area contributed by atoms with Crippen LogP contribution in [0.25, 0.3) is 0 Å². The van der Waals surface area contributed by atoms with Crippen molar-refractivity contribution in [2.45, 2.75) is 79.4 Å². The lowest BCUT2D eigenvalue weighted by molar-refractivity contribution is -0.154. The van der Waals surface area contributed by atoms with E-state index < -0.39 is 34.2 Å². The first kappa shape index (κ1) is 27.3. The zero-order valence-corrected chi connectivity index (χ0v) is 22.9. The summed E-state index contributed by atoms with van der Waals surface area (Å²) < 4.78 is 4.83. The quantitative estimate of drug-likeness (QED) is 0.192. The van der Waals surface area contributed by atoms with Gasteiger partial charge in [-0.2, -0.15) is 0 Å². The smallest absolute Gasteiger partial charge is 0.310 e. The lowest BCUT2D eigenvalue weighted by Crippen LogP contribution is -2.60. The summed E-state index contributed by atoms with van der Waals surface area (Å²) in [5.74, 6) is -2.08. The van der Waals surface area contributed by atoms with Gasteiger partial charge in [-0.25, -0.2) is 0 Å². The van der Waals surface area contributed by atoms with Crippen LogP contribution in [0.15, 0.2) is 25.3 Å². The molecule has 0 aromatic heterocycles. The average molecular weight is 558 g/mol. The highest BCUT2D eigenvalue weighted by Crippen LogP contribution is 2.68. The van der Waals surface area contributed by atoms with Crippen LogP contribution >= 0.6 is 27.7 Å². The van der Waals surface area contributed by atoms with Gasteiger partial charge in [-0.3, -0.25) is 14.4 Å². The fraction of sp³-hybridized carbons (Fsp3) is 0.720. The molecule has 3 heterocycles. The van der Waals surface area contributed by atoms with Crippen LogP contribution in [0.2, 0.25) is 0 Å². The maximum Gasteiger partial charge on any atom is 0.310 e. The van der Waals surface area contributed by atoms with Gasteiger partial charge in [0.25, 0.3) is 0 Å². The molecule has 2 bridgehead atoms. The number of alkyl halides is 1. The number of likely N-dealkylation sites (tertiary alicyclic amines) is 1. The molecule has 3 unspecified atom stereocenters. The second-order valence-electron chi connectivity index (χ2n) is 10.4. The molecule has 34 heavy (non-hydrogen) atoms. The molecule has 1 N–H and O–H groups in total. The fourth-order valence-corrected chi connectivity index (χ4v) is 9.23. The zero-order chi connectivity index (χ0) is 25.4. The number of fused-ring (bicyclic) bond motifs is 1. The Kier molecular flexibility index (Phi) is 8.30. The van der Waals surface area contributed by atoms with Gasteiger partial charge in [0.15, 0.2) is 0 Å². The molecule has 3 saturated heterocycles. The molecule has 1 spiro atoms. The van der Waals surface area contributed by atoms with Gasteiger partial charge in [0.05, 0.1) is 35.8 Å². The van der Waals surface area contributed by atoms with Crippen molar-refractivity contribution in [2.75, 3.05) is 19.8 Å². The van der Waals surface area contributed by atoms with E-state index >= 15 is 0 Å². The molecule has 3 aliphatic rings. The van der Waals surface area contributed by atoms with Crippen molar-refractivity contribution in [3.8, 4) is 0 Å². The van der Waals surface area contributed by atoms with E-state index in [2.05, 4.69) is 29.1 Å². The van der Waals surface area contributed by atoms with E-state index in [4.69, 9.17) is 4.74 Å². The first-order chi connectivity index (χ1) is 16.0.